The Kier molecular flexibility index (Phi) is 4.39. The van der Waals surface area contributed by atoms with Crippen LogP contribution in [0, 0.1) is 0 Å². The van der Waals surface area contributed by atoms with Gasteiger partial charge >= 0.3 is 5.97 Å². The van der Waals surface area contributed by atoms with E-state index in [0.717, 1.165) is 25.9 Å². The number of hydrogen-bond acceptors (Lipinski definition) is 3. The van der Waals surface area contributed by atoms with Crippen molar-refractivity contribution >= 4 is 17.8 Å². The van der Waals surface area contributed by atoms with E-state index in [0.29, 0.717) is 0 Å². The topological polar surface area (TPSA) is 91.6 Å². The highest BCUT2D eigenvalue weighted by Gasteiger charge is 2.19. The predicted molar refractivity (Wildman–Crippen MR) is 70.2 cm³/mol. The number of nitrogens with one attached hydrogen (secondary N) is 1. The molecule has 7 nitrogen and oxygen atoms in total. The second-order valence-electron chi connectivity index (χ2n) is 4.69. The van der Waals surface area contributed by atoms with Crippen LogP contribution in [0.25, 0.3) is 0 Å². The molecule has 7 heteroatoms. The van der Waals surface area contributed by atoms with Gasteiger partial charge in [-0.05, 0) is 25.0 Å². The third kappa shape index (κ3) is 3.37. The standard InChI is InChI=1S/C13H17N3O4/c17-11(15-5-1-2-6-15)8-14-13(20)10-4-3-7-16(10)9-12(18)19/h3-4,7H,1-2,5-6,8-9H2,(H,14,20)(H,18,19). The fourth-order valence-corrected chi connectivity index (χ4v) is 2.23. The van der Waals surface area contributed by atoms with Crippen molar-refractivity contribution in [2.75, 3.05) is 19.6 Å². The minimum Gasteiger partial charge on any atom is -0.480 e. The number of carbonyl (C=O) groups excluding carboxylic acids is 2. The molecule has 20 heavy (non-hydrogen) atoms. The van der Waals surface area contributed by atoms with Gasteiger partial charge in [-0.15, -0.1) is 0 Å². The van der Waals surface area contributed by atoms with E-state index in [9.17, 15) is 14.4 Å². The third-order valence-corrected chi connectivity index (χ3v) is 3.23. The molecule has 1 fully saturated rings. The molecule has 0 atom stereocenters. The van der Waals surface area contributed by atoms with Gasteiger partial charge in [0.15, 0.2) is 0 Å². The normalized spacial score (nSPS) is 14.3. The van der Waals surface area contributed by atoms with Gasteiger partial charge in [0.1, 0.15) is 12.2 Å². The van der Waals surface area contributed by atoms with Gasteiger partial charge < -0.3 is 19.9 Å². The molecule has 0 radical (unpaired) electrons. The van der Waals surface area contributed by atoms with E-state index in [1.165, 1.54) is 16.8 Å². The molecule has 0 spiro atoms. The summed E-state index contributed by atoms with van der Waals surface area (Å²) in [4.78, 5) is 36.1. The highest BCUT2D eigenvalue weighted by atomic mass is 16.4. The maximum atomic E-state index is 11.9. The maximum Gasteiger partial charge on any atom is 0.323 e. The monoisotopic (exact) mass is 279 g/mol. The van der Waals surface area contributed by atoms with E-state index in [1.807, 2.05) is 0 Å². The van der Waals surface area contributed by atoms with E-state index in [-0.39, 0.29) is 24.7 Å². The minimum atomic E-state index is -1.02. The van der Waals surface area contributed by atoms with Gasteiger partial charge in [-0.3, -0.25) is 14.4 Å². The molecular weight excluding hydrogens is 262 g/mol. The first-order valence-electron chi connectivity index (χ1n) is 6.51. The Hall–Kier alpha value is -2.31. The van der Waals surface area contributed by atoms with Crippen molar-refractivity contribution in [3.63, 3.8) is 0 Å². The van der Waals surface area contributed by atoms with Crippen molar-refractivity contribution in [1.82, 2.24) is 14.8 Å². The number of carbonyl (C=O) groups is 3. The van der Waals surface area contributed by atoms with Gasteiger partial charge in [0.05, 0.1) is 6.54 Å². The van der Waals surface area contributed by atoms with Crippen LogP contribution in [-0.2, 0) is 16.1 Å². The molecule has 2 rings (SSSR count). The Morgan fingerprint density at radius 3 is 2.60 bits per heavy atom. The Balaban J connectivity index is 1.90. The summed E-state index contributed by atoms with van der Waals surface area (Å²) >= 11 is 0. The van der Waals surface area contributed by atoms with Gasteiger partial charge in [0.25, 0.3) is 5.91 Å². The number of carboxylic acids is 1. The highest BCUT2D eigenvalue weighted by Crippen LogP contribution is 2.07. The average Bonchev–Trinajstić information content (AvgIpc) is 3.05. The smallest absolute Gasteiger partial charge is 0.323 e. The van der Waals surface area contributed by atoms with Gasteiger partial charge in [-0.1, -0.05) is 0 Å². The summed E-state index contributed by atoms with van der Waals surface area (Å²) in [5.41, 5.74) is 0.238. The summed E-state index contributed by atoms with van der Waals surface area (Å²) in [6.07, 6.45) is 3.52. The Morgan fingerprint density at radius 2 is 1.95 bits per heavy atom. The summed E-state index contributed by atoms with van der Waals surface area (Å²) in [6.45, 7) is 1.14. The molecule has 2 amide bonds. The van der Waals surface area contributed by atoms with Crippen LogP contribution >= 0.6 is 0 Å². The van der Waals surface area contributed by atoms with Crippen molar-refractivity contribution in [1.29, 1.82) is 0 Å². The number of nitrogens with zero attached hydrogens (tertiary/aromatic N) is 2. The SMILES string of the molecule is O=C(O)Cn1cccc1C(=O)NCC(=O)N1CCCC1. The zero-order valence-electron chi connectivity index (χ0n) is 11.0. The summed E-state index contributed by atoms with van der Waals surface area (Å²) in [7, 11) is 0. The summed E-state index contributed by atoms with van der Waals surface area (Å²) in [5, 5.41) is 11.3. The largest absolute Gasteiger partial charge is 0.480 e. The third-order valence-electron chi connectivity index (χ3n) is 3.23. The van der Waals surface area contributed by atoms with E-state index >= 15 is 0 Å². The molecule has 0 saturated carbocycles. The summed E-state index contributed by atoms with van der Waals surface area (Å²) in [5.74, 6) is -1.57. The number of hydrogen-bond donors (Lipinski definition) is 2. The predicted octanol–water partition coefficient (Wildman–Crippen LogP) is -0.0751. The minimum absolute atomic E-state index is 0.0584. The van der Waals surface area contributed by atoms with Gasteiger partial charge in [0.2, 0.25) is 5.91 Å². The molecule has 1 aromatic heterocycles. The molecule has 1 aromatic rings. The van der Waals surface area contributed by atoms with Gasteiger partial charge in [-0.25, -0.2) is 0 Å². The molecule has 1 aliphatic heterocycles. The lowest BCUT2D eigenvalue weighted by Gasteiger charge is -2.15. The van der Waals surface area contributed by atoms with Crippen molar-refractivity contribution in [2.24, 2.45) is 0 Å². The number of likely N-dealkylation sites (tertiary alicyclic amines) is 1. The molecule has 0 unspecified atom stereocenters. The fourth-order valence-electron chi connectivity index (χ4n) is 2.23. The Morgan fingerprint density at radius 1 is 1.25 bits per heavy atom. The van der Waals surface area contributed by atoms with Crippen LogP contribution < -0.4 is 5.32 Å². The average molecular weight is 279 g/mol. The molecule has 0 bridgehead atoms. The first-order chi connectivity index (χ1) is 9.58. The van der Waals surface area contributed by atoms with Crippen molar-refractivity contribution < 1.29 is 19.5 Å². The van der Waals surface area contributed by atoms with Crippen molar-refractivity contribution in [3.8, 4) is 0 Å². The Bertz CT molecular complexity index is 517. The van der Waals surface area contributed by atoms with Crippen LogP contribution in [-0.4, -0.2) is 52.0 Å². The molecule has 2 N–H and O–H groups in total. The number of amides is 2. The second kappa shape index (κ2) is 6.23. The quantitative estimate of drug-likeness (QED) is 0.789. The maximum absolute atomic E-state index is 11.9. The summed E-state index contributed by atoms with van der Waals surface area (Å²) < 4.78 is 1.33. The van der Waals surface area contributed by atoms with Crippen molar-refractivity contribution in [2.45, 2.75) is 19.4 Å². The van der Waals surface area contributed by atoms with Crippen LogP contribution in [0.1, 0.15) is 23.3 Å². The van der Waals surface area contributed by atoms with Crippen LogP contribution in [0.3, 0.4) is 0 Å². The fraction of sp³-hybridized carbons (Fsp3) is 0.462. The van der Waals surface area contributed by atoms with Gasteiger partial charge in [-0.2, -0.15) is 0 Å². The van der Waals surface area contributed by atoms with Crippen molar-refractivity contribution in [3.05, 3.63) is 24.0 Å². The van der Waals surface area contributed by atoms with E-state index in [4.69, 9.17) is 5.11 Å². The number of aliphatic carboxylic acids is 1. The first kappa shape index (κ1) is 14.1. The van der Waals surface area contributed by atoms with Crippen LogP contribution in [0.5, 0.6) is 0 Å². The van der Waals surface area contributed by atoms with E-state index in [2.05, 4.69) is 5.32 Å². The second-order valence-corrected chi connectivity index (χ2v) is 4.69. The van der Waals surface area contributed by atoms with Crippen LogP contribution in [0.2, 0.25) is 0 Å². The first-order valence-corrected chi connectivity index (χ1v) is 6.51. The highest BCUT2D eigenvalue weighted by molar-refractivity contribution is 5.95. The molecule has 2 heterocycles. The molecule has 1 aliphatic rings. The summed E-state index contributed by atoms with van der Waals surface area (Å²) in [6, 6.07) is 3.12. The van der Waals surface area contributed by atoms with Crippen LogP contribution in [0.15, 0.2) is 18.3 Å². The molecule has 1 saturated heterocycles. The van der Waals surface area contributed by atoms with E-state index in [1.54, 1.807) is 11.0 Å². The lowest BCUT2D eigenvalue weighted by molar-refractivity contribution is -0.137. The number of aromatic nitrogens is 1. The Labute approximate surface area is 116 Å². The molecule has 0 aliphatic carbocycles. The molecular formula is C13H17N3O4. The molecule has 108 valence electrons. The number of rotatable bonds is 5. The van der Waals surface area contributed by atoms with Crippen LogP contribution in [0.4, 0.5) is 0 Å². The van der Waals surface area contributed by atoms with Gasteiger partial charge in [0, 0.05) is 19.3 Å². The molecule has 0 aromatic carbocycles. The lowest BCUT2D eigenvalue weighted by Crippen LogP contribution is -2.39. The zero-order chi connectivity index (χ0) is 14.5. The number of carboxylic acid groups (broad SMARTS) is 1. The van der Waals surface area contributed by atoms with E-state index < -0.39 is 11.9 Å². The zero-order valence-corrected chi connectivity index (χ0v) is 11.0. The lowest BCUT2D eigenvalue weighted by atomic mass is 10.4.